The van der Waals surface area contributed by atoms with Crippen LogP contribution in [0.3, 0.4) is 0 Å². The highest BCUT2D eigenvalue weighted by atomic mass is 16.5. The quantitative estimate of drug-likeness (QED) is 0.0515. The Bertz CT molecular complexity index is 878. The minimum absolute atomic E-state index is 0.00239. The summed E-state index contributed by atoms with van der Waals surface area (Å²) in [5.74, 6) is 0.514. The minimum Gasteiger partial charge on any atom is -0.466 e. The number of esters is 2. The first-order chi connectivity index (χ1) is 24.5. The molecule has 3 unspecified atom stereocenters. The lowest BCUT2D eigenvalue weighted by atomic mass is 9.76. The van der Waals surface area contributed by atoms with E-state index < -0.39 is 11.0 Å². The Hall–Kier alpha value is -1.14. The predicted molar refractivity (Wildman–Crippen MR) is 223 cm³/mol. The van der Waals surface area contributed by atoms with Crippen molar-refractivity contribution in [2.24, 2.45) is 22.7 Å². The van der Waals surface area contributed by atoms with Gasteiger partial charge in [0.2, 0.25) is 0 Å². The number of rotatable bonds is 35. The Morgan fingerprint density at radius 2 is 1.08 bits per heavy atom. The van der Waals surface area contributed by atoms with E-state index in [1.54, 1.807) is 0 Å². The van der Waals surface area contributed by atoms with Crippen LogP contribution in [-0.2, 0) is 19.1 Å². The lowest BCUT2D eigenvalue weighted by Gasteiger charge is -2.41. The van der Waals surface area contributed by atoms with Gasteiger partial charge in [0.15, 0.2) is 0 Å². The molecule has 6 heteroatoms. The van der Waals surface area contributed by atoms with Crippen LogP contribution in [0.15, 0.2) is 0 Å². The van der Waals surface area contributed by atoms with E-state index in [9.17, 15) is 14.7 Å². The minimum atomic E-state index is -0.790. The van der Waals surface area contributed by atoms with Crippen molar-refractivity contribution in [1.29, 1.82) is 0 Å². The van der Waals surface area contributed by atoms with Crippen molar-refractivity contribution in [2.45, 2.75) is 235 Å². The maximum atomic E-state index is 13.7. The average molecular weight is 738 g/mol. The number of hydrogen-bond acceptors (Lipinski definition) is 6. The molecule has 0 rings (SSSR count). The molecule has 0 aliphatic heterocycles. The van der Waals surface area contributed by atoms with Crippen LogP contribution in [0.25, 0.3) is 0 Å². The Kier molecular flexibility index (Phi) is 28.5. The fourth-order valence-electron chi connectivity index (χ4n) is 7.09. The SMILES string of the molecule is CCCCCCCCCC(CCCCCCCCOC(=O)CC(CCCC)CCCCCC)OC(=O)C(C)(C)C(C)CN(C)CC(C)(C)C(C)(C)O. The average Bonchev–Trinajstić information content (AvgIpc) is 3.06. The van der Waals surface area contributed by atoms with Crippen LogP contribution >= 0.6 is 0 Å². The molecule has 3 atom stereocenters. The summed E-state index contributed by atoms with van der Waals surface area (Å²) in [7, 11) is 2.09. The highest BCUT2D eigenvalue weighted by molar-refractivity contribution is 5.76. The normalized spacial score (nSPS) is 14.4. The van der Waals surface area contributed by atoms with E-state index >= 15 is 0 Å². The number of nitrogens with zero attached hydrogens (tertiary/aromatic N) is 1. The van der Waals surface area contributed by atoms with Crippen LogP contribution in [0.2, 0.25) is 0 Å². The maximum absolute atomic E-state index is 13.7. The van der Waals surface area contributed by atoms with Crippen molar-refractivity contribution >= 4 is 11.9 Å². The Morgan fingerprint density at radius 1 is 0.635 bits per heavy atom. The zero-order valence-corrected chi connectivity index (χ0v) is 36.9. The first-order valence-corrected chi connectivity index (χ1v) is 22.3. The molecule has 0 heterocycles. The van der Waals surface area contributed by atoms with Crippen LogP contribution < -0.4 is 0 Å². The summed E-state index contributed by atoms with van der Waals surface area (Å²) in [5.41, 5.74) is -1.66. The molecule has 52 heavy (non-hydrogen) atoms. The summed E-state index contributed by atoms with van der Waals surface area (Å²) in [4.78, 5) is 28.5. The maximum Gasteiger partial charge on any atom is 0.312 e. The van der Waals surface area contributed by atoms with Gasteiger partial charge in [0.1, 0.15) is 6.10 Å². The van der Waals surface area contributed by atoms with Gasteiger partial charge in [-0.15, -0.1) is 0 Å². The molecular formula is C46H91NO5. The van der Waals surface area contributed by atoms with E-state index in [1.807, 2.05) is 27.7 Å². The topological polar surface area (TPSA) is 76.1 Å². The third kappa shape index (κ3) is 24.3. The fraction of sp³-hybridized carbons (Fsp3) is 0.957. The highest BCUT2D eigenvalue weighted by Crippen LogP contribution is 2.34. The van der Waals surface area contributed by atoms with Crippen molar-refractivity contribution < 1.29 is 24.2 Å². The molecule has 0 aromatic carbocycles. The predicted octanol–water partition coefficient (Wildman–Crippen LogP) is 12.9. The molecule has 0 aromatic rings. The molecular weight excluding hydrogens is 647 g/mol. The Morgan fingerprint density at radius 3 is 1.60 bits per heavy atom. The van der Waals surface area contributed by atoms with Gasteiger partial charge in [-0.3, -0.25) is 9.59 Å². The molecule has 0 aromatic heterocycles. The molecule has 0 radical (unpaired) electrons. The van der Waals surface area contributed by atoms with Crippen LogP contribution in [-0.4, -0.2) is 60.4 Å². The molecule has 6 nitrogen and oxygen atoms in total. The second-order valence-electron chi connectivity index (χ2n) is 18.4. The third-order valence-corrected chi connectivity index (χ3v) is 12.1. The van der Waals surface area contributed by atoms with E-state index in [0.29, 0.717) is 18.9 Å². The molecule has 0 spiro atoms. The Labute approximate surface area is 324 Å². The molecule has 310 valence electrons. The van der Waals surface area contributed by atoms with Gasteiger partial charge < -0.3 is 19.5 Å². The zero-order valence-electron chi connectivity index (χ0n) is 36.9. The van der Waals surface area contributed by atoms with Crippen molar-refractivity contribution in [3.63, 3.8) is 0 Å². The summed E-state index contributed by atoms with van der Waals surface area (Å²) in [6, 6.07) is 0. The number of aliphatic hydroxyl groups is 1. The first kappa shape index (κ1) is 50.9. The van der Waals surface area contributed by atoms with Crippen molar-refractivity contribution in [3.05, 3.63) is 0 Å². The lowest BCUT2D eigenvalue weighted by molar-refractivity contribution is -0.164. The standard InChI is InChI=1S/C46H91NO5/c1-12-15-18-20-21-24-28-33-41(52-43(49)45(7,8)39(4)37-47(11)38-44(5,6)46(9,10)50)34-29-25-22-23-26-30-35-51-42(48)36-40(31-17-14-3)32-27-19-16-13-2/h39-41,50H,12-38H2,1-11H3. The van der Waals surface area contributed by atoms with Gasteiger partial charge in [-0.25, -0.2) is 0 Å². The summed E-state index contributed by atoms with van der Waals surface area (Å²) in [6.07, 6.45) is 27.6. The third-order valence-electron chi connectivity index (χ3n) is 12.1. The van der Waals surface area contributed by atoms with Gasteiger partial charge in [-0.2, -0.15) is 0 Å². The van der Waals surface area contributed by atoms with Gasteiger partial charge >= 0.3 is 11.9 Å². The highest BCUT2D eigenvalue weighted by Gasteiger charge is 2.40. The number of carbonyl (C=O) groups excluding carboxylic acids is 2. The molecule has 0 saturated carbocycles. The summed E-state index contributed by atoms with van der Waals surface area (Å²) < 4.78 is 12.0. The second-order valence-corrected chi connectivity index (χ2v) is 18.4. The number of hydrogen-bond donors (Lipinski definition) is 1. The molecule has 0 saturated heterocycles. The second kappa shape index (κ2) is 29.2. The van der Waals surface area contributed by atoms with E-state index in [-0.39, 0.29) is 29.4 Å². The van der Waals surface area contributed by atoms with Gasteiger partial charge in [0.05, 0.1) is 17.6 Å². The number of ether oxygens (including phenoxy) is 2. The van der Waals surface area contributed by atoms with E-state index in [0.717, 1.165) is 77.3 Å². The van der Waals surface area contributed by atoms with Gasteiger partial charge in [0.25, 0.3) is 0 Å². The van der Waals surface area contributed by atoms with Crippen LogP contribution in [0.5, 0.6) is 0 Å². The monoisotopic (exact) mass is 738 g/mol. The molecule has 0 fully saturated rings. The smallest absolute Gasteiger partial charge is 0.312 e. The largest absolute Gasteiger partial charge is 0.466 e. The lowest BCUT2D eigenvalue weighted by Crippen LogP contribution is -2.48. The summed E-state index contributed by atoms with van der Waals surface area (Å²) >= 11 is 0. The summed E-state index contributed by atoms with van der Waals surface area (Å²) in [6.45, 7) is 23.0. The van der Waals surface area contributed by atoms with E-state index in [2.05, 4.69) is 53.5 Å². The molecule has 0 aliphatic carbocycles. The van der Waals surface area contributed by atoms with Gasteiger partial charge in [0, 0.05) is 24.9 Å². The molecule has 1 N–H and O–H groups in total. The van der Waals surface area contributed by atoms with Crippen molar-refractivity contribution in [1.82, 2.24) is 4.90 Å². The molecule has 0 aliphatic rings. The number of carbonyl (C=O) groups is 2. The van der Waals surface area contributed by atoms with Crippen LogP contribution in [0, 0.1) is 22.7 Å². The Balaban J connectivity index is 4.77. The molecule has 0 bridgehead atoms. The van der Waals surface area contributed by atoms with E-state index in [4.69, 9.17) is 9.47 Å². The van der Waals surface area contributed by atoms with Crippen molar-refractivity contribution in [2.75, 3.05) is 26.7 Å². The summed E-state index contributed by atoms with van der Waals surface area (Å²) in [5, 5.41) is 10.6. The van der Waals surface area contributed by atoms with Gasteiger partial charge in [-0.1, -0.05) is 144 Å². The fourth-order valence-corrected chi connectivity index (χ4v) is 7.09. The van der Waals surface area contributed by atoms with Gasteiger partial charge in [-0.05, 0) is 91.5 Å². The van der Waals surface area contributed by atoms with Crippen LogP contribution in [0.1, 0.15) is 223 Å². The van der Waals surface area contributed by atoms with Crippen LogP contribution in [0.4, 0.5) is 0 Å². The first-order valence-electron chi connectivity index (χ1n) is 22.3. The van der Waals surface area contributed by atoms with E-state index in [1.165, 1.54) is 83.5 Å². The number of unbranched alkanes of at least 4 members (excludes halogenated alkanes) is 15. The molecule has 0 amide bonds. The van der Waals surface area contributed by atoms with Crippen molar-refractivity contribution in [3.8, 4) is 0 Å². The zero-order chi connectivity index (χ0) is 39.5.